The molecule has 0 aliphatic heterocycles. The Morgan fingerprint density at radius 2 is 2.15 bits per heavy atom. The molecule has 0 saturated heterocycles. The molecule has 0 rings (SSSR count). The lowest BCUT2D eigenvalue weighted by Gasteiger charge is -2.01. The van der Waals surface area contributed by atoms with Gasteiger partial charge in [0, 0.05) is 23.2 Å². The topological polar surface area (TPSA) is 63.6 Å². The second-order valence-corrected chi connectivity index (χ2v) is 4.22. The van der Waals surface area contributed by atoms with Crippen LogP contribution in [-0.4, -0.2) is 40.0 Å². The molecule has 0 bridgehead atoms. The third-order valence-electron chi connectivity index (χ3n) is 1.38. The summed E-state index contributed by atoms with van der Waals surface area (Å²) in [5.41, 5.74) is 0. The summed E-state index contributed by atoms with van der Waals surface area (Å²) in [6.07, 6.45) is 2.06. The van der Waals surface area contributed by atoms with E-state index in [4.69, 9.17) is 9.84 Å². The van der Waals surface area contributed by atoms with Crippen LogP contribution in [0.1, 0.15) is 19.8 Å². The summed E-state index contributed by atoms with van der Waals surface area (Å²) < 4.78 is 16.1. The summed E-state index contributed by atoms with van der Waals surface area (Å²) in [7, 11) is -1.28. The summed E-state index contributed by atoms with van der Waals surface area (Å²) in [5.74, 6) is -0.987. The van der Waals surface area contributed by atoms with Crippen LogP contribution in [0.4, 0.5) is 0 Å². The average molecular weight is 208 g/mol. The fraction of sp³-hybridized carbons (Fsp3) is 0.875. The van der Waals surface area contributed by atoms with Gasteiger partial charge in [-0.2, -0.15) is 0 Å². The van der Waals surface area contributed by atoms with Crippen LogP contribution in [-0.2, 0) is 20.3 Å². The molecule has 0 aromatic carbocycles. The third-order valence-corrected chi connectivity index (χ3v) is 2.57. The number of rotatable bonds is 8. The highest BCUT2D eigenvalue weighted by Gasteiger charge is 2.04. The van der Waals surface area contributed by atoms with E-state index in [2.05, 4.69) is 6.92 Å². The first-order valence-electron chi connectivity index (χ1n) is 4.31. The molecule has 0 spiro atoms. The van der Waals surface area contributed by atoms with Crippen molar-refractivity contribution in [3.8, 4) is 0 Å². The molecule has 5 heteroatoms. The van der Waals surface area contributed by atoms with E-state index in [9.17, 15) is 9.00 Å². The summed E-state index contributed by atoms with van der Waals surface area (Å²) in [5, 5.41) is 8.29. The first kappa shape index (κ1) is 12.6. The van der Waals surface area contributed by atoms with Crippen LogP contribution in [0.5, 0.6) is 0 Å². The van der Waals surface area contributed by atoms with Crippen molar-refractivity contribution in [2.24, 2.45) is 0 Å². The van der Waals surface area contributed by atoms with E-state index in [0.717, 1.165) is 12.8 Å². The van der Waals surface area contributed by atoms with Crippen molar-refractivity contribution < 1.29 is 18.8 Å². The molecule has 0 saturated carbocycles. The van der Waals surface area contributed by atoms with Crippen LogP contribution in [0.25, 0.3) is 0 Å². The summed E-state index contributed by atoms with van der Waals surface area (Å²) in [6.45, 7) is 3.12. The molecule has 1 unspecified atom stereocenters. The fourth-order valence-corrected chi connectivity index (χ4v) is 1.43. The van der Waals surface area contributed by atoms with Gasteiger partial charge >= 0.3 is 5.97 Å². The van der Waals surface area contributed by atoms with Gasteiger partial charge in [0.05, 0.1) is 6.61 Å². The van der Waals surface area contributed by atoms with Crippen LogP contribution in [0.3, 0.4) is 0 Å². The Bertz CT molecular complexity index is 170. The molecule has 0 aliphatic carbocycles. The first-order chi connectivity index (χ1) is 6.16. The molecular formula is C8H16O4S. The van der Waals surface area contributed by atoms with E-state index in [1.54, 1.807) is 0 Å². The van der Waals surface area contributed by atoms with Crippen LogP contribution in [0.2, 0.25) is 0 Å². The van der Waals surface area contributed by atoms with Gasteiger partial charge in [0.25, 0.3) is 0 Å². The number of aliphatic carboxylic acids is 1. The zero-order valence-electron chi connectivity index (χ0n) is 7.82. The molecule has 78 valence electrons. The van der Waals surface area contributed by atoms with Crippen LogP contribution >= 0.6 is 0 Å². The molecule has 0 aromatic heterocycles. The number of carboxylic acid groups (broad SMARTS) is 1. The van der Waals surface area contributed by atoms with E-state index in [1.807, 2.05) is 0 Å². The van der Waals surface area contributed by atoms with Crippen molar-refractivity contribution in [3.63, 3.8) is 0 Å². The second-order valence-electron chi connectivity index (χ2n) is 2.65. The maximum absolute atomic E-state index is 10.9. The Labute approximate surface area is 80.7 Å². The van der Waals surface area contributed by atoms with Gasteiger partial charge < -0.3 is 9.84 Å². The van der Waals surface area contributed by atoms with Crippen molar-refractivity contribution in [2.75, 3.05) is 24.7 Å². The fourth-order valence-electron chi connectivity index (χ4n) is 0.710. The molecule has 0 aromatic rings. The minimum atomic E-state index is -1.28. The van der Waals surface area contributed by atoms with E-state index in [0.29, 0.717) is 19.0 Å². The highest BCUT2D eigenvalue weighted by Crippen LogP contribution is 1.89. The van der Waals surface area contributed by atoms with Crippen molar-refractivity contribution in [1.82, 2.24) is 0 Å². The largest absolute Gasteiger partial charge is 0.481 e. The zero-order chi connectivity index (χ0) is 10.1. The average Bonchev–Trinajstić information content (AvgIpc) is 2.02. The minimum Gasteiger partial charge on any atom is -0.481 e. The zero-order valence-corrected chi connectivity index (χ0v) is 8.64. The molecule has 0 fully saturated rings. The van der Waals surface area contributed by atoms with Gasteiger partial charge in [-0.15, -0.1) is 0 Å². The monoisotopic (exact) mass is 208 g/mol. The smallest absolute Gasteiger partial charge is 0.316 e. The van der Waals surface area contributed by atoms with E-state index in [1.165, 1.54) is 0 Å². The van der Waals surface area contributed by atoms with Crippen molar-refractivity contribution in [3.05, 3.63) is 0 Å². The Kier molecular flexibility index (Phi) is 7.93. The molecule has 0 heterocycles. The van der Waals surface area contributed by atoms with Crippen LogP contribution in [0.15, 0.2) is 0 Å². The highest BCUT2D eigenvalue weighted by atomic mass is 32.2. The van der Waals surface area contributed by atoms with Gasteiger partial charge in [-0.25, -0.2) is 0 Å². The number of carbonyl (C=O) groups is 1. The summed E-state index contributed by atoms with van der Waals surface area (Å²) in [4.78, 5) is 10.1. The maximum atomic E-state index is 10.9. The van der Waals surface area contributed by atoms with Gasteiger partial charge in [0.1, 0.15) is 5.75 Å². The quantitative estimate of drug-likeness (QED) is 0.594. The first-order valence-corrected chi connectivity index (χ1v) is 5.80. The predicted molar refractivity (Wildman–Crippen MR) is 51.2 cm³/mol. The standard InChI is InChI=1S/C8H16O4S/c1-2-3-4-12-5-6-13(11)7-8(9)10/h2-7H2,1H3,(H,9,10). The third kappa shape index (κ3) is 9.49. The molecule has 1 atom stereocenters. The number of hydrogen-bond donors (Lipinski definition) is 1. The number of hydrogen-bond acceptors (Lipinski definition) is 3. The number of carboxylic acids is 1. The molecule has 0 radical (unpaired) electrons. The lowest BCUT2D eigenvalue weighted by molar-refractivity contribution is -0.133. The van der Waals surface area contributed by atoms with Gasteiger partial charge in [0.15, 0.2) is 0 Å². The Morgan fingerprint density at radius 3 is 2.69 bits per heavy atom. The Morgan fingerprint density at radius 1 is 1.46 bits per heavy atom. The molecule has 0 amide bonds. The lowest BCUT2D eigenvalue weighted by Crippen LogP contribution is -2.15. The van der Waals surface area contributed by atoms with Crippen molar-refractivity contribution >= 4 is 16.8 Å². The molecule has 4 nitrogen and oxygen atoms in total. The van der Waals surface area contributed by atoms with Crippen LogP contribution < -0.4 is 0 Å². The lowest BCUT2D eigenvalue weighted by atomic mass is 10.4. The highest BCUT2D eigenvalue weighted by molar-refractivity contribution is 7.85. The summed E-state index contributed by atoms with van der Waals surface area (Å²) >= 11 is 0. The van der Waals surface area contributed by atoms with Gasteiger partial charge in [-0.3, -0.25) is 9.00 Å². The molecule has 1 N–H and O–H groups in total. The molecule has 0 aliphatic rings. The van der Waals surface area contributed by atoms with E-state index < -0.39 is 16.8 Å². The van der Waals surface area contributed by atoms with E-state index >= 15 is 0 Å². The molecule has 13 heavy (non-hydrogen) atoms. The Balaban J connectivity index is 3.22. The molecular weight excluding hydrogens is 192 g/mol. The minimum absolute atomic E-state index is 0.281. The van der Waals surface area contributed by atoms with Crippen molar-refractivity contribution in [1.29, 1.82) is 0 Å². The van der Waals surface area contributed by atoms with Crippen molar-refractivity contribution in [2.45, 2.75) is 19.8 Å². The van der Waals surface area contributed by atoms with Crippen LogP contribution in [0, 0.1) is 0 Å². The van der Waals surface area contributed by atoms with Gasteiger partial charge in [0.2, 0.25) is 0 Å². The predicted octanol–water partition coefficient (Wildman–Crippen LogP) is 0.636. The SMILES string of the molecule is CCCCOCCS(=O)CC(=O)O. The summed E-state index contributed by atoms with van der Waals surface area (Å²) in [6, 6.07) is 0. The second kappa shape index (κ2) is 8.19. The Hall–Kier alpha value is -0.420. The van der Waals surface area contributed by atoms with Gasteiger partial charge in [-0.05, 0) is 6.42 Å². The maximum Gasteiger partial charge on any atom is 0.316 e. The van der Waals surface area contributed by atoms with Gasteiger partial charge in [-0.1, -0.05) is 13.3 Å². The van der Waals surface area contributed by atoms with E-state index in [-0.39, 0.29) is 5.75 Å². The number of ether oxygens (including phenoxy) is 1. The number of unbranched alkanes of at least 4 members (excludes halogenated alkanes) is 1. The normalized spacial score (nSPS) is 12.7.